The maximum Gasteiger partial charge on any atom is 0.227 e. The Kier molecular flexibility index (Phi) is 4.04. The molecule has 0 atom stereocenters. The van der Waals surface area contributed by atoms with Crippen molar-refractivity contribution in [3.63, 3.8) is 0 Å². The van der Waals surface area contributed by atoms with Crippen molar-refractivity contribution >= 4 is 5.91 Å². The number of aromatic nitrogens is 1. The Hall–Kier alpha value is -2.43. The van der Waals surface area contributed by atoms with Crippen molar-refractivity contribution in [1.82, 2.24) is 9.88 Å². The quantitative estimate of drug-likeness (QED) is 0.870. The van der Waals surface area contributed by atoms with Crippen LogP contribution in [0.4, 0.5) is 4.39 Å². The molecule has 2 heterocycles. The van der Waals surface area contributed by atoms with Gasteiger partial charge in [-0.15, -0.1) is 0 Å². The zero-order valence-corrected chi connectivity index (χ0v) is 12.3. The summed E-state index contributed by atoms with van der Waals surface area (Å²) in [6.07, 6.45) is 0.279. The van der Waals surface area contributed by atoms with Gasteiger partial charge in [0.2, 0.25) is 11.8 Å². The highest BCUT2D eigenvalue weighted by Gasteiger charge is 2.32. The van der Waals surface area contributed by atoms with Gasteiger partial charge in [0.15, 0.2) is 0 Å². The van der Waals surface area contributed by atoms with Crippen LogP contribution in [0.1, 0.15) is 11.3 Å². The first-order valence-corrected chi connectivity index (χ1v) is 7.23. The second-order valence-corrected chi connectivity index (χ2v) is 5.46. The average Bonchev–Trinajstić information content (AvgIpc) is 2.45. The fraction of sp³-hybridized carbons (Fsp3) is 0.294. The summed E-state index contributed by atoms with van der Waals surface area (Å²) < 4.78 is 18.6. The van der Waals surface area contributed by atoms with E-state index in [0.29, 0.717) is 19.0 Å². The van der Waals surface area contributed by atoms with Crippen LogP contribution in [0, 0.1) is 12.7 Å². The van der Waals surface area contributed by atoms with Crippen LogP contribution in [0.3, 0.4) is 0 Å². The number of ether oxygens (including phenoxy) is 1. The highest BCUT2D eigenvalue weighted by Crippen LogP contribution is 2.17. The summed E-state index contributed by atoms with van der Waals surface area (Å²) >= 11 is 0. The molecule has 0 N–H and O–H groups in total. The number of pyridine rings is 1. The number of carbonyl (C=O) groups excluding carboxylic acids is 1. The lowest BCUT2D eigenvalue weighted by molar-refractivity contribution is -0.139. The predicted octanol–water partition coefficient (Wildman–Crippen LogP) is 2.36. The molecule has 0 saturated carbocycles. The minimum atomic E-state index is -0.292. The van der Waals surface area contributed by atoms with E-state index in [2.05, 4.69) is 4.98 Å². The molecule has 2 aromatic rings. The van der Waals surface area contributed by atoms with Crippen molar-refractivity contribution in [2.75, 3.05) is 13.1 Å². The molecule has 5 heteroatoms. The minimum absolute atomic E-state index is 0.00790. The Morgan fingerprint density at radius 3 is 2.68 bits per heavy atom. The zero-order chi connectivity index (χ0) is 15.5. The third kappa shape index (κ3) is 3.42. The first kappa shape index (κ1) is 14.5. The van der Waals surface area contributed by atoms with Gasteiger partial charge in [-0.1, -0.05) is 18.2 Å². The van der Waals surface area contributed by atoms with E-state index in [1.165, 1.54) is 12.1 Å². The van der Waals surface area contributed by atoms with Crippen LogP contribution in [-0.4, -0.2) is 35.0 Å². The Bertz CT molecular complexity index is 667. The Morgan fingerprint density at radius 2 is 2.00 bits per heavy atom. The summed E-state index contributed by atoms with van der Waals surface area (Å²) in [6, 6.07) is 11.6. The van der Waals surface area contributed by atoms with E-state index >= 15 is 0 Å². The van der Waals surface area contributed by atoms with Gasteiger partial charge in [-0.25, -0.2) is 9.37 Å². The summed E-state index contributed by atoms with van der Waals surface area (Å²) in [4.78, 5) is 18.1. The average molecular weight is 300 g/mol. The molecule has 1 aliphatic rings. The number of amides is 1. The van der Waals surface area contributed by atoms with E-state index in [1.807, 2.05) is 25.1 Å². The van der Waals surface area contributed by atoms with Crippen molar-refractivity contribution in [3.05, 3.63) is 59.5 Å². The molecule has 1 fully saturated rings. The van der Waals surface area contributed by atoms with Crippen molar-refractivity contribution in [3.8, 4) is 5.88 Å². The molecule has 1 amide bonds. The van der Waals surface area contributed by atoms with Gasteiger partial charge in [0, 0.05) is 11.8 Å². The second-order valence-electron chi connectivity index (χ2n) is 5.46. The number of rotatable bonds is 4. The lowest BCUT2D eigenvalue weighted by atomic mass is 10.1. The number of likely N-dealkylation sites (tertiary alicyclic amines) is 1. The summed E-state index contributed by atoms with van der Waals surface area (Å²) in [5, 5.41) is 0. The van der Waals surface area contributed by atoms with Crippen LogP contribution >= 0.6 is 0 Å². The van der Waals surface area contributed by atoms with Crippen LogP contribution in [0.25, 0.3) is 0 Å². The predicted molar refractivity (Wildman–Crippen MR) is 80.1 cm³/mol. The molecule has 0 bridgehead atoms. The molecule has 3 rings (SSSR count). The molecular weight excluding hydrogens is 283 g/mol. The normalized spacial score (nSPS) is 14.5. The topological polar surface area (TPSA) is 42.4 Å². The van der Waals surface area contributed by atoms with Crippen molar-refractivity contribution in [2.24, 2.45) is 0 Å². The third-order valence-corrected chi connectivity index (χ3v) is 3.62. The molecule has 1 aliphatic heterocycles. The van der Waals surface area contributed by atoms with E-state index in [4.69, 9.17) is 4.74 Å². The number of nitrogens with zero attached hydrogens (tertiary/aromatic N) is 2. The van der Waals surface area contributed by atoms with Crippen molar-refractivity contribution in [1.29, 1.82) is 0 Å². The van der Waals surface area contributed by atoms with Crippen LogP contribution in [0.15, 0.2) is 42.5 Å². The number of halogens is 1. The molecular formula is C17H17FN2O2. The fourth-order valence-electron chi connectivity index (χ4n) is 2.36. The molecule has 1 aromatic carbocycles. The largest absolute Gasteiger partial charge is 0.471 e. The molecule has 114 valence electrons. The maximum atomic E-state index is 12.8. The highest BCUT2D eigenvalue weighted by atomic mass is 19.1. The zero-order valence-electron chi connectivity index (χ0n) is 12.3. The van der Waals surface area contributed by atoms with Gasteiger partial charge in [0.1, 0.15) is 11.9 Å². The molecule has 0 unspecified atom stereocenters. The number of hydrogen-bond donors (Lipinski definition) is 0. The molecule has 22 heavy (non-hydrogen) atoms. The van der Waals surface area contributed by atoms with Crippen molar-refractivity contribution < 1.29 is 13.9 Å². The van der Waals surface area contributed by atoms with Crippen LogP contribution in [0.5, 0.6) is 5.88 Å². The summed E-state index contributed by atoms with van der Waals surface area (Å²) in [5.41, 5.74) is 1.72. The molecule has 0 radical (unpaired) electrons. The summed E-state index contributed by atoms with van der Waals surface area (Å²) in [7, 11) is 0. The van der Waals surface area contributed by atoms with Crippen LogP contribution < -0.4 is 4.74 Å². The van der Waals surface area contributed by atoms with E-state index in [1.54, 1.807) is 17.0 Å². The maximum absolute atomic E-state index is 12.8. The summed E-state index contributed by atoms with van der Waals surface area (Å²) in [5.74, 6) is 0.332. The van der Waals surface area contributed by atoms with E-state index in [0.717, 1.165) is 11.3 Å². The first-order chi connectivity index (χ1) is 10.6. The van der Waals surface area contributed by atoms with Crippen LogP contribution in [0.2, 0.25) is 0 Å². The smallest absolute Gasteiger partial charge is 0.227 e. The molecule has 0 aliphatic carbocycles. The van der Waals surface area contributed by atoms with Gasteiger partial charge < -0.3 is 9.64 Å². The second kappa shape index (κ2) is 6.13. The number of benzene rings is 1. The fourth-order valence-corrected chi connectivity index (χ4v) is 2.36. The lowest BCUT2D eigenvalue weighted by Gasteiger charge is -2.38. The van der Waals surface area contributed by atoms with Gasteiger partial charge >= 0.3 is 0 Å². The monoisotopic (exact) mass is 300 g/mol. The number of aryl methyl sites for hydroxylation is 1. The van der Waals surface area contributed by atoms with E-state index in [-0.39, 0.29) is 24.2 Å². The standard InChI is InChI=1S/C17H17FN2O2/c1-12-3-2-4-16(19-12)22-15-10-20(11-15)17(21)9-13-5-7-14(18)8-6-13/h2-8,15H,9-11H2,1H3. The first-order valence-electron chi connectivity index (χ1n) is 7.23. The van der Waals surface area contributed by atoms with Gasteiger partial charge in [-0.3, -0.25) is 4.79 Å². The van der Waals surface area contributed by atoms with Crippen LogP contribution in [-0.2, 0) is 11.2 Å². The van der Waals surface area contributed by atoms with E-state index in [9.17, 15) is 9.18 Å². The highest BCUT2D eigenvalue weighted by molar-refractivity contribution is 5.79. The minimum Gasteiger partial charge on any atom is -0.471 e. The number of hydrogen-bond acceptors (Lipinski definition) is 3. The Balaban J connectivity index is 1.48. The SMILES string of the molecule is Cc1cccc(OC2CN(C(=O)Cc3ccc(F)cc3)C2)n1. The van der Waals surface area contributed by atoms with Gasteiger partial charge in [0.05, 0.1) is 19.5 Å². The van der Waals surface area contributed by atoms with Gasteiger partial charge in [-0.05, 0) is 30.7 Å². The Labute approximate surface area is 128 Å². The van der Waals surface area contributed by atoms with Crippen molar-refractivity contribution in [2.45, 2.75) is 19.4 Å². The van der Waals surface area contributed by atoms with Gasteiger partial charge in [0.25, 0.3) is 0 Å². The Morgan fingerprint density at radius 1 is 1.27 bits per heavy atom. The molecule has 1 aromatic heterocycles. The molecule has 1 saturated heterocycles. The molecule has 0 spiro atoms. The van der Waals surface area contributed by atoms with E-state index < -0.39 is 0 Å². The summed E-state index contributed by atoms with van der Waals surface area (Å²) in [6.45, 7) is 3.04. The molecule has 4 nitrogen and oxygen atoms in total. The van der Waals surface area contributed by atoms with Gasteiger partial charge in [-0.2, -0.15) is 0 Å². The lowest BCUT2D eigenvalue weighted by Crippen LogP contribution is -2.56. The number of carbonyl (C=O) groups is 1. The third-order valence-electron chi connectivity index (χ3n) is 3.62.